The normalized spacial score (nSPS) is 24.2. The Balaban J connectivity index is 1.34. The average molecular weight is 409 g/mol. The van der Waals surface area contributed by atoms with Crippen molar-refractivity contribution in [2.75, 3.05) is 13.1 Å². The first-order chi connectivity index (χ1) is 14.0. The van der Waals surface area contributed by atoms with Crippen LogP contribution in [0.4, 0.5) is 0 Å². The molecule has 2 atom stereocenters. The summed E-state index contributed by atoms with van der Waals surface area (Å²) in [6.07, 6.45) is 5.90. The zero-order valence-electron chi connectivity index (χ0n) is 17.0. The van der Waals surface area contributed by atoms with Gasteiger partial charge in [-0.05, 0) is 67.3 Å². The topological polar surface area (TPSA) is 46.6 Å². The Hall–Kier alpha value is -1.82. The quantitative estimate of drug-likeness (QED) is 0.716. The molecule has 0 radical (unpaired) electrons. The maximum atomic E-state index is 13.4. The van der Waals surface area contributed by atoms with Crippen LogP contribution in [0.2, 0.25) is 0 Å². The first kappa shape index (κ1) is 19.2. The second-order valence-electron chi connectivity index (χ2n) is 9.00. The van der Waals surface area contributed by atoms with Gasteiger partial charge in [-0.2, -0.15) is 0 Å². The third-order valence-corrected chi connectivity index (χ3v) is 8.61. The highest BCUT2D eigenvalue weighted by molar-refractivity contribution is 7.89. The summed E-state index contributed by atoms with van der Waals surface area (Å²) in [6, 6.07) is 16.1. The van der Waals surface area contributed by atoms with Gasteiger partial charge in [-0.15, -0.1) is 4.31 Å². The molecule has 1 amide bonds. The van der Waals surface area contributed by atoms with Crippen molar-refractivity contribution in [3.8, 4) is 0 Å². The Morgan fingerprint density at radius 3 is 2.62 bits per heavy atom. The van der Waals surface area contributed by atoms with Crippen molar-refractivity contribution in [3.05, 3.63) is 65.2 Å². The predicted molar refractivity (Wildman–Crippen MR) is 115 cm³/mol. The molecule has 5 rings (SSSR count). The van der Waals surface area contributed by atoms with Gasteiger partial charge in [0.2, 0.25) is 0 Å². The van der Waals surface area contributed by atoms with E-state index < -0.39 is 11.4 Å². The Labute approximate surface area is 176 Å². The van der Waals surface area contributed by atoms with Crippen LogP contribution < -0.4 is 0 Å². The van der Waals surface area contributed by atoms with Gasteiger partial charge < -0.3 is 9.45 Å². The molecule has 2 unspecified atom stereocenters. The Morgan fingerprint density at radius 2 is 1.93 bits per heavy atom. The molecule has 1 aliphatic carbocycles. The molecule has 2 aromatic rings. The van der Waals surface area contributed by atoms with Gasteiger partial charge >= 0.3 is 0 Å². The molecule has 2 fully saturated rings. The third kappa shape index (κ3) is 3.49. The fourth-order valence-electron chi connectivity index (χ4n) is 5.25. The summed E-state index contributed by atoms with van der Waals surface area (Å²) in [5.41, 5.74) is 3.55. The second-order valence-corrected chi connectivity index (χ2v) is 10.4. The van der Waals surface area contributed by atoms with Crippen molar-refractivity contribution in [1.82, 2.24) is 9.21 Å². The minimum Gasteiger partial charge on any atom is -0.593 e. The summed E-state index contributed by atoms with van der Waals surface area (Å²) in [5.74, 6) is 0.0721. The number of nitrogens with zero attached hydrogens (tertiary/aromatic N) is 2. The molecule has 2 aliphatic heterocycles. The Kier molecular flexibility index (Phi) is 4.93. The van der Waals surface area contributed by atoms with Crippen LogP contribution in [0.5, 0.6) is 0 Å². The molecule has 1 saturated carbocycles. The van der Waals surface area contributed by atoms with E-state index >= 15 is 0 Å². The highest BCUT2D eigenvalue weighted by atomic mass is 32.2. The summed E-state index contributed by atoms with van der Waals surface area (Å²) in [6.45, 7) is 4.49. The highest BCUT2D eigenvalue weighted by Crippen LogP contribution is 2.51. The minimum atomic E-state index is -1.13. The van der Waals surface area contributed by atoms with Crippen LogP contribution in [0.25, 0.3) is 0 Å². The highest BCUT2D eigenvalue weighted by Gasteiger charge is 2.50. The number of carbonyl (C=O) groups is 1. The smallest absolute Gasteiger partial charge is 0.254 e. The van der Waals surface area contributed by atoms with E-state index in [0.29, 0.717) is 18.0 Å². The molecule has 0 N–H and O–H groups in total. The summed E-state index contributed by atoms with van der Waals surface area (Å²) < 4.78 is 15.6. The summed E-state index contributed by atoms with van der Waals surface area (Å²) >= 11 is -1.13. The van der Waals surface area contributed by atoms with Crippen LogP contribution in [0.15, 0.2) is 53.4 Å². The molecule has 4 nitrogen and oxygen atoms in total. The summed E-state index contributed by atoms with van der Waals surface area (Å²) in [5, 5.41) is 0. The number of rotatable bonds is 3. The van der Waals surface area contributed by atoms with Crippen molar-refractivity contribution in [3.63, 3.8) is 0 Å². The summed E-state index contributed by atoms with van der Waals surface area (Å²) in [7, 11) is 0. The fourth-order valence-corrected chi connectivity index (χ4v) is 6.75. The van der Waals surface area contributed by atoms with Gasteiger partial charge in [0.1, 0.15) is 0 Å². The molecule has 1 spiro atoms. The number of fused-ring (bicyclic) bond motifs is 1. The van der Waals surface area contributed by atoms with Gasteiger partial charge in [-0.25, -0.2) is 0 Å². The van der Waals surface area contributed by atoms with Crippen molar-refractivity contribution in [2.24, 2.45) is 5.41 Å². The first-order valence-corrected chi connectivity index (χ1v) is 11.8. The zero-order valence-corrected chi connectivity index (χ0v) is 17.8. The largest absolute Gasteiger partial charge is 0.593 e. The number of hydrogen-bond donors (Lipinski definition) is 0. The first-order valence-electron chi connectivity index (χ1n) is 10.7. The van der Waals surface area contributed by atoms with Crippen LogP contribution in [-0.2, 0) is 24.3 Å². The molecule has 152 valence electrons. The van der Waals surface area contributed by atoms with Crippen molar-refractivity contribution < 1.29 is 9.35 Å². The average Bonchev–Trinajstić information content (AvgIpc) is 3.10. The maximum absolute atomic E-state index is 13.4. The molecule has 29 heavy (non-hydrogen) atoms. The standard InChI is InChI=1S/C24H28N2O2S/c1-18-15-24(11-5-12-24)17-26(18)29(28)22-9-8-19-10-13-25(16-21(19)14-22)23(27)20-6-3-2-4-7-20/h2-4,6-9,14,18H,5,10-13,15-17H2,1H3. The van der Waals surface area contributed by atoms with Gasteiger partial charge in [0.05, 0.1) is 23.9 Å². The number of hydrogen-bond acceptors (Lipinski definition) is 3. The zero-order chi connectivity index (χ0) is 20.0. The van der Waals surface area contributed by atoms with E-state index in [1.807, 2.05) is 41.3 Å². The molecular formula is C24H28N2O2S. The fraction of sp³-hybridized carbons (Fsp3) is 0.458. The lowest BCUT2D eigenvalue weighted by molar-refractivity contribution is 0.0734. The molecule has 1 saturated heterocycles. The van der Waals surface area contributed by atoms with Gasteiger partial charge in [0.25, 0.3) is 5.91 Å². The van der Waals surface area contributed by atoms with Crippen molar-refractivity contribution in [2.45, 2.75) is 56.5 Å². The van der Waals surface area contributed by atoms with Crippen molar-refractivity contribution >= 4 is 17.3 Å². The molecular weight excluding hydrogens is 380 g/mol. The van der Waals surface area contributed by atoms with Crippen LogP contribution in [-0.4, -0.2) is 38.8 Å². The Morgan fingerprint density at radius 1 is 1.14 bits per heavy atom. The number of carbonyl (C=O) groups excluding carboxylic acids is 1. The van der Waals surface area contributed by atoms with Gasteiger partial charge in [0, 0.05) is 24.7 Å². The lowest BCUT2D eigenvalue weighted by atomic mass is 9.68. The van der Waals surface area contributed by atoms with E-state index in [4.69, 9.17) is 0 Å². The number of amides is 1. The molecule has 5 heteroatoms. The Bertz CT molecular complexity index is 912. The van der Waals surface area contributed by atoms with Gasteiger partial charge in [-0.1, -0.05) is 30.7 Å². The molecule has 0 aromatic heterocycles. The van der Waals surface area contributed by atoms with E-state index in [0.717, 1.165) is 35.5 Å². The van der Waals surface area contributed by atoms with Gasteiger partial charge in [-0.3, -0.25) is 4.79 Å². The lowest BCUT2D eigenvalue weighted by Crippen LogP contribution is -2.38. The van der Waals surface area contributed by atoms with Crippen LogP contribution in [0.3, 0.4) is 0 Å². The molecule has 3 aliphatic rings. The lowest BCUT2D eigenvalue weighted by Gasteiger charge is -2.37. The molecule has 2 heterocycles. The van der Waals surface area contributed by atoms with E-state index in [-0.39, 0.29) is 5.91 Å². The van der Waals surface area contributed by atoms with E-state index in [2.05, 4.69) is 23.4 Å². The van der Waals surface area contributed by atoms with E-state index in [9.17, 15) is 9.35 Å². The predicted octanol–water partition coefficient (Wildman–Crippen LogP) is 4.17. The van der Waals surface area contributed by atoms with Gasteiger partial charge in [0.15, 0.2) is 4.90 Å². The maximum Gasteiger partial charge on any atom is 0.254 e. The van der Waals surface area contributed by atoms with E-state index in [1.54, 1.807) is 0 Å². The van der Waals surface area contributed by atoms with E-state index in [1.165, 1.54) is 31.2 Å². The van der Waals surface area contributed by atoms with Crippen LogP contribution in [0.1, 0.15) is 54.1 Å². The summed E-state index contributed by atoms with van der Waals surface area (Å²) in [4.78, 5) is 15.6. The SMILES string of the molecule is CC1CC2(CCC2)CN1[S+]([O-])c1ccc2c(c1)CN(C(=O)c1ccccc1)CC2. The third-order valence-electron chi connectivity index (χ3n) is 7.04. The molecule has 0 bridgehead atoms. The monoisotopic (exact) mass is 408 g/mol. The van der Waals surface area contributed by atoms with Crippen molar-refractivity contribution in [1.29, 1.82) is 0 Å². The molecule has 2 aromatic carbocycles. The van der Waals surface area contributed by atoms with Crippen LogP contribution in [0, 0.1) is 5.41 Å². The van der Waals surface area contributed by atoms with Crippen LogP contribution >= 0.6 is 0 Å². The second kappa shape index (κ2) is 7.46. The minimum absolute atomic E-state index is 0.0721. The number of benzene rings is 2.